The number of halogens is 2. The Labute approximate surface area is 172 Å². The third-order valence-corrected chi connectivity index (χ3v) is 4.55. The second-order valence-corrected chi connectivity index (χ2v) is 6.76. The Hall–Kier alpha value is -1.42. The Morgan fingerprint density at radius 2 is 1.78 bits per heavy atom. The van der Waals surface area contributed by atoms with E-state index in [2.05, 4.69) is 20.4 Å². The number of hydrogen-bond donors (Lipinski definition) is 2. The van der Waals surface area contributed by atoms with Crippen molar-refractivity contribution >= 4 is 36.6 Å². The molecule has 1 saturated heterocycles. The van der Waals surface area contributed by atoms with Gasteiger partial charge in [0.15, 0.2) is 5.82 Å². The molecule has 3 N–H and O–H groups in total. The van der Waals surface area contributed by atoms with Gasteiger partial charge >= 0.3 is 0 Å². The topological polar surface area (TPSA) is 118 Å². The first kappa shape index (κ1) is 25.6. The zero-order valence-corrected chi connectivity index (χ0v) is 17.8. The SMILES string of the molecule is Cc1noc(C(C)N2CCN(C(=O)CNC(=O)[C@@H](N)C(C)C)CC2)n1.Cl.Cl. The fourth-order valence-electron chi connectivity index (χ4n) is 2.69. The van der Waals surface area contributed by atoms with Crippen molar-refractivity contribution in [3.05, 3.63) is 11.7 Å². The highest BCUT2D eigenvalue weighted by Crippen LogP contribution is 2.19. The summed E-state index contributed by atoms with van der Waals surface area (Å²) < 4.78 is 5.22. The lowest BCUT2D eigenvalue weighted by molar-refractivity contribution is -0.135. The fraction of sp³-hybridized carbons (Fsp3) is 0.750. The van der Waals surface area contributed by atoms with E-state index in [1.165, 1.54) is 0 Å². The third-order valence-electron chi connectivity index (χ3n) is 4.55. The highest BCUT2D eigenvalue weighted by molar-refractivity contribution is 5.87. The van der Waals surface area contributed by atoms with Gasteiger partial charge in [0.2, 0.25) is 17.7 Å². The maximum atomic E-state index is 12.3. The van der Waals surface area contributed by atoms with Crippen molar-refractivity contribution < 1.29 is 14.1 Å². The second-order valence-electron chi connectivity index (χ2n) is 6.76. The monoisotopic (exact) mass is 424 g/mol. The minimum absolute atomic E-state index is 0. The van der Waals surface area contributed by atoms with Crippen molar-refractivity contribution in [1.82, 2.24) is 25.3 Å². The van der Waals surface area contributed by atoms with Gasteiger partial charge in [-0.05, 0) is 19.8 Å². The molecule has 2 amide bonds. The van der Waals surface area contributed by atoms with E-state index >= 15 is 0 Å². The average Bonchev–Trinajstić information content (AvgIpc) is 3.04. The molecular formula is C16H30Cl2N6O3. The maximum absolute atomic E-state index is 12.3. The molecule has 9 nitrogen and oxygen atoms in total. The van der Waals surface area contributed by atoms with Crippen molar-refractivity contribution in [1.29, 1.82) is 0 Å². The van der Waals surface area contributed by atoms with Gasteiger partial charge in [0, 0.05) is 26.2 Å². The number of nitrogens with zero attached hydrogens (tertiary/aromatic N) is 4. The maximum Gasteiger partial charge on any atom is 0.243 e. The first-order valence-corrected chi connectivity index (χ1v) is 8.65. The lowest BCUT2D eigenvalue weighted by Crippen LogP contribution is -2.53. The minimum Gasteiger partial charge on any atom is -0.346 e. The lowest BCUT2D eigenvalue weighted by Gasteiger charge is -2.36. The van der Waals surface area contributed by atoms with Crippen molar-refractivity contribution in [2.45, 2.75) is 39.8 Å². The summed E-state index contributed by atoms with van der Waals surface area (Å²) in [6.07, 6.45) is 0. The van der Waals surface area contributed by atoms with Crippen molar-refractivity contribution in [3.8, 4) is 0 Å². The van der Waals surface area contributed by atoms with Crippen molar-refractivity contribution in [2.24, 2.45) is 11.7 Å². The van der Waals surface area contributed by atoms with Gasteiger partial charge < -0.3 is 20.5 Å². The predicted molar refractivity (Wildman–Crippen MR) is 106 cm³/mol. The number of piperazine rings is 1. The van der Waals surface area contributed by atoms with Crippen LogP contribution in [0.2, 0.25) is 0 Å². The van der Waals surface area contributed by atoms with Gasteiger partial charge in [-0.15, -0.1) is 24.8 Å². The van der Waals surface area contributed by atoms with Crippen LogP contribution in [-0.2, 0) is 9.59 Å². The van der Waals surface area contributed by atoms with E-state index in [0.717, 1.165) is 0 Å². The van der Waals surface area contributed by atoms with Gasteiger partial charge in [0.05, 0.1) is 18.6 Å². The zero-order valence-electron chi connectivity index (χ0n) is 16.2. The second kappa shape index (κ2) is 11.4. The molecule has 11 heteroatoms. The summed E-state index contributed by atoms with van der Waals surface area (Å²) in [5.74, 6) is 0.860. The van der Waals surface area contributed by atoms with Crippen LogP contribution in [0, 0.1) is 12.8 Å². The van der Waals surface area contributed by atoms with Gasteiger partial charge in [0.1, 0.15) is 0 Å². The Bertz CT molecular complexity index is 605. The Balaban J connectivity index is 0.00000338. The molecule has 0 saturated carbocycles. The minimum atomic E-state index is -0.594. The number of carbonyl (C=O) groups is 2. The van der Waals surface area contributed by atoms with Crippen LogP contribution < -0.4 is 11.1 Å². The standard InChI is InChI=1S/C16H28N6O3.2ClH/c1-10(2)14(17)15(24)18-9-13(23)22-7-5-21(6-8-22)11(3)16-19-12(4)20-25-16;;/h10-11,14H,5-9,17H2,1-4H3,(H,18,24);2*1H/t11?,14-;;/m0../s1. The molecular weight excluding hydrogens is 395 g/mol. The summed E-state index contributed by atoms with van der Waals surface area (Å²) in [5.41, 5.74) is 5.77. The van der Waals surface area contributed by atoms with E-state index < -0.39 is 6.04 Å². The Morgan fingerprint density at radius 3 is 2.26 bits per heavy atom. The first-order valence-electron chi connectivity index (χ1n) is 8.65. The summed E-state index contributed by atoms with van der Waals surface area (Å²) in [4.78, 5) is 32.3. The number of hydrogen-bond acceptors (Lipinski definition) is 7. The highest BCUT2D eigenvalue weighted by atomic mass is 35.5. The molecule has 1 fully saturated rings. The Kier molecular flexibility index (Phi) is 10.8. The number of rotatable bonds is 6. The van der Waals surface area contributed by atoms with Gasteiger partial charge in [-0.25, -0.2) is 0 Å². The zero-order chi connectivity index (χ0) is 18.6. The summed E-state index contributed by atoms with van der Waals surface area (Å²) in [6, 6.07) is -0.578. The number of aryl methyl sites for hydroxylation is 1. The fourth-order valence-corrected chi connectivity index (χ4v) is 2.69. The molecule has 2 atom stereocenters. The summed E-state index contributed by atoms with van der Waals surface area (Å²) in [7, 11) is 0. The number of carbonyl (C=O) groups excluding carboxylic acids is 2. The molecule has 0 bridgehead atoms. The third kappa shape index (κ3) is 6.91. The lowest BCUT2D eigenvalue weighted by atomic mass is 10.1. The first-order chi connectivity index (χ1) is 11.8. The molecule has 0 radical (unpaired) electrons. The molecule has 156 valence electrons. The molecule has 0 aliphatic carbocycles. The van der Waals surface area contributed by atoms with Crippen LogP contribution in [-0.4, -0.2) is 70.5 Å². The molecule has 1 aliphatic rings. The van der Waals surface area contributed by atoms with E-state index in [9.17, 15) is 9.59 Å². The van der Waals surface area contributed by atoms with Crippen LogP contribution in [0.4, 0.5) is 0 Å². The summed E-state index contributed by atoms with van der Waals surface area (Å²) >= 11 is 0. The molecule has 1 aromatic heterocycles. The van der Waals surface area contributed by atoms with E-state index in [-0.39, 0.29) is 55.1 Å². The quantitative estimate of drug-likeness (QED) is 0.683. The Morgan fingerprint density at radius 1 is 1.19 bits per heavy atom. The van der Waals surface area contributed by atoms with E-state index in [0.29, 0.717) is 37.9 Å². The highest BCUT2D eigenvalue weighted by Gasteiger charge is 2.27. The average molecular weight is 425 g/mol. The van der Waals surface area contributed by atoms with Gasteiger partial charge in [-0.3, -0.25) is 14.5 Å². The van der Waals surface area contributed by atoms with E-state index in [4.69, 9.17) is 10.3 Å². The number of aromatic nitrogens is 2. The normalized spacial score (nSPS) is 16.9. The van der Waals surface area contributed by atoms with Crippen LogP contribution >= 0.6 is 24.8 Å². The van der Waals surface area contributed by atoms with Crippen LogP contribution in [0.5, 0.6) is 0 Å². The van der Waals surface area contributed by atoms with Crippen LogP contribution in [0.15, 0.2) is 4.52 Å². The van der Waals surface area contributed by atoms with Crippen molar-refractivity contribution in [2.75, 3.05) is 32.7 Å². The van der Waals surface area contributed by atoms with Crippen LogP contribution in [0.25, 0.3) is 0 Å². The van der Waals surface area contributed by atoms with Crippen LogP contribution in [0.3, 0.4) is 0 Å². The van der Waals surface area contributed by atoms with E-state index in [1.807, 2.05) is 20.8 Å². The molecule has 1 aromatic rings. The molecule has 2 rings (SSSR count). The largest absolute Gasteiger partial charge is 0.346 e. The van der Waals surface area contributed by atoms with Gasteiger partial charge in [-0.1, -0.05) is 19.0 Å². The molecule has 0 aromatic carbocycles. The molecule has 1 unspecified atom stereocenters. The van der Waals surface area contributed by atoms with Crippen molar-refractivity contribution in [3.63, 3.8) is 0 Å². The molecule has 0 spiro atoms. The van der Waals surface area contributed by atoms with E-state index in [1.54, 1.807) is 11.8 Å². The van der Waals surface area contributed by atoms with Gasteiger partial charge in [-0.2, -0.15) is 4.98 Å². The van der Waals surface area contributed by atoms with Gasteiger partial charge in [0.25, 0.3) is 0 Å². The predicted octanol–water partition coefficient (Wildman–Crippen LogP) is 0.526. The smallest absolute Gasteiger partial charge is 0.243 e. The van der Waals surface area contributed by atoms with Crippen LogP contribution in [0.1, 0.15) is 38.5 Å². The number of nitrogens with one attached hydrogen (secondary N) is 1. The summed E-state index contributed by atoms with van der Waals surface area (Å²) in [5, 5.41) is 6.44. The summed E-state index contributed by atoms with van der Waals surface area (Å²) in [6.45, 7) is 10.2. The number of nitrogens with two attached hydrogens (primary N) is 1. The molecule has 27 heavy (non-hydrogen) atoms. The molecule has 1 aliphatic heterocycles. The number of amides is 2. The molecule has 2 heterocycles.